The van der Waals surface area contributed by atoms with Crippen molar-refractivity contribution >= 4 is 27.7 Å². The van der Waals surface area contributed by atoms with E-state index in [0.717, 1.165) is 29.9 Å². The van der Waals surface area contributed by atoms with Crippen LogP contribution in [0.3, 0.4) is 0 Å². The molecular weight excluding hydrogens is 270 g/mol. The van der Waals surface area contributed by atoms with E-state index in [4.69, 9.17) is 5.73 Å². The fraction of sp³-hybridized carbons (Fsp3) is 0.600. The molecule has 0 bridgehead atoms. The molecule has 1 fully saturated rings. The van der Waals surface area contributed by atoms with Crippen molar-refractivity contribution in [3.8, 4) is 0 Å². The van der Waals surface area contributed by atoms with Crippen LogP contribution in [-0.4, -0.2) is 29.6 Å². The van der Waals surface area contributed by atoms with Crippen molar-refractivity contribution in [1.82, 2.24) is 15.3 Å². The van der Waals surface area contributed by atoms with Gasteiger partial charge in [0, 0.05) is 12.7 Å². The smallest absolute Gasteiger partial charge is 0.221 e. The van der Waals surface area contributed by atoms with Gasteiger partial charge in [0.1, 0.15) is 5.82 Å². The van der Waals surface area contributed by atoms with Crippen molar-refractivity contribution in [2.24, 2.45) is 5.92 Å². The predicted molar refractivity (Wildman–Crippen MR) is 68.2 cm³/mol. The molecule has 6 heteroatoms. The van der Waals surface area contributed by atoms with Crippen molar-refractivity contribution in [2.75, 3.05) is 30.7 Å². The normalized spacial score (nSPS) is 17.3. The van der Waals surface area contributed by atoms with Crippen molar-refractivity contribution in [1.29, 1.82) is 0 Å². The third-order valence-corrected chi connectivity index (χ3v) is 3.36. The molecular formula is C10H16BrN5. The van der Waals surface area contributed by atoms with Crippen molar-refractivity contribution in [3.05, 3.63) is 10.7 Å². The molecule has 0 aromatic carbocycles. The number of rotatable bonds is 3. The number of nitrogens with zero attached hydrogens (tertiary/aromatic N) is 2. The Bertz CT molecular complexity index is 351. The standard InChI is InChI=1S/C10H16BrN5/c11-8-6-15-10(12)16-9(8)14-5-7-1-3-13-4-2-7/h6-7,13H,1-5H2,(H3,12,14,15,16). The average Bonchev–Trinajstić information content (AvgIpc) is 2.32. The number of nitrogens with two attached hydrogens (primary N) is 1. The molecule has 0 radical (unpaired) electrons. The van der Waals surface area contributed by atoms with Gasteiger partial charge in [-0.2, -0.15) is 4.98 Å². The highest BCUT2D eigenvalue weighted by Crippen LogP contribution is 2.20. The fourth-order valence-corrected chi connectivity index (χ4v) is 2.16. The van der Waals surface area contributed by atoms with Gasteiger partial charge in [0.15, 0.2) is 0 Å². The van der Waals surface area contributed by atoms with Gasteiger partial charge in [-0.15, -0.1) is 0 Å². The molecule has 1 aromatic heterocycles. The van der Waals surface area contributed by atoms with Gasteiger partial charge >= 0.3 is 0 Å². The molecule has 0 atom stereocenters. The van der Waals surface area contributed by atoms with Gasteiger partial charge in [-0.25, -0.2) is 4.98 Å². The summed E-state index contributed by atoms with van der Waals surface area (Å²) in [6.07, 6.45) is 4.10. The van der Waals surface area contributed by atoms with Crippen molar-refractivity contribution in [3.63, 3.8) is 0 Å². The zero-order valence-corrected chi connectivity index (χ0v) is 10.6. The van der Waals surface area contributed by atoms with E-state index in [2.05, 4.69) is 36.5 Å². The molecule has 2 rings (SSSR count). The molecule has 1 saturated heterocycles. The first-order chi connectivity index (χ1) is 7.75. The highest BCUT2D eigenvalue weighted by molar-refractivity contribution is 9.10. The van der Waals surface area contributed by atoms with Crippen LogP contribution >= 0.6 is 15.9 Å². The quantitative estimate of drug-likeness (QED) is 0.779. The van der Waals surface area contributed by atoms with Gasteiger partial charge in [0.2, 0.25) is 5.95 Å². The van der Waals surface area contributed by atoms with Gasteiger partial charge in [0.25, 0.3) is 0 Å². The molecule has 1 aliphatic rings. The minimum atomic E-state index is 0.302. The molecule has 0 aliphatic carbocycles. The third kappa shape index (κ3) is 3.05. The van der Waals surface area contributed by atoms with Gasteiger partial charge in [-0.3, -0.25) is 0 Å². The number of halogens is 1. The molecule has 1 aromatic rings. The first kappa shape index (κ1) is 11.6. The SMILES string of the molecule is Nc1ncc(Br)c(NCC2CCNCC2)n1. The Hall–Kier alpha value is -0.880. The topological polar surface area (TPSA) is 75.9 Å². The maximum absolute atomic E-state index is 5.54. The first-order valence-electron chi connectivity index (χ1n) is 5.48. The Balaban J connectivity index is 1.90. The summed E-state index contributed by atoms with van der Waals surface area (Å²) in [5, 5.41) is 6.67. The van der Waals surface area contributed by atoms with Gasteiger partial charge in [0.05, 0.1) is 4.47 Å². The Morgan fingerprint density at radius 1 is 1.50 bits per heavy atom. The minimum Gasteiger partial charge on any atom is -0.369 e. The summed E-state index contributed by atoms with van der Waals surface area (Å²) in [6.45, 7) is 3.16. The molecule has 0 unspecified atom stereocenters. The molecule has 2 heterocycles. The van der Waals surface area contributed by atoms with E-state index in [1.807, 2.05) is 0 Å². The predicted octanol–water partition coefficient (Wildman–Crippen LogP) is 1.23. The lowest BCUT2D eigenvalue weighted by atomic mass is 9.98. The van der Waals surface area contributed by atoms with E-state index in [-0.39, 0.29) is 0 Å². The zero-order valence-electron chi connectivity index (χ0n) is 9.04. The van der Waals surface area contributed by atoms with Crippen LogP contribution in [0.25, 0.3) is 0 Å². The summed E-state index contributed by atoms with van der Waals surface area (Å²) in [6, 6.07) is 0. The number of nitrogens with one attached hydrogen (secondary N) is 2. The molecule has 5 nitrogen and oxygen atoms in total. The largest absolute Gasteiger partial charge is 0.369 e. The van der Waals surface area contributed by atoms with Crippen LogP contribution in [0.5, 0.6) is 0 Å². The fourth-order valence-electron chi connectivity index (χ4n) is 1.83. The average molecular weight is 286 g/mol. The van der Waals surface area contributed by atoms with Crippen LogP contribution in [0.1, 0.15) is 12.8 Å². The van der Waals surface area contributed by atoms with E-state index in [1.54, 1.807) is 6.20 Å². The Kier molecular flexibility index (Phi) is 3.95. The second-order valence-electron chi connectivity index (χ2n) is 4.00. The van der Waals surface area contributed by atoms with Gasteiger partial charge in [-0.1, -0.05) is 0 Å². The van der Waals surface area contributed by atoms with Crippen LogP contribution in [0.4, 0.5) is 11.8 Å². The molecule has 0 amide bonds. The van der Waals surface area contributed by atoms with Crippen molar-refractivity contribution < 1.29 is 0 Å². The molecule has 1 aliphatic heterocycles. The minimum absolute atomic E-state index is 0.302. The second-order valence-corrected chi connectivity index (χ2v) is 4.85. The summed E-state index contributed by atoms with van der Waals surface area (Å²) in [7, 11) is 0. The molecule has 0 spiro atoms. The third-order valence-electron chi connectivity index (χ3n) is 2.78. The monoisotopic (exact) mass is 285 g/mol. The first-order valence-corrected chi connectivity index (χ1v) is 6.27. The summed E-state index contributed by atoms with van der Waals surface area (Å²) >= 11 is 3.40. The van der Waals surface area contributed by atoms with Crippen LogP contribution < -0.4 is 16.4 Å². The maximum atomic E-state index is 5.54. The van der Waals surface area contributed by atoms with E-state index in [9.17, 15) is 0 Å². The van der Waals surface area contributed by atoms with Crippen LogP contribution in [0, 0.1) is 5.92 Å². The highest BCUT2D eigenvalue weighted by Gasteiger charge is 2.13. The maximum Gasteiger partial charge on any atom is 0.221 e. The van der Waals surface area contributed by atoms with Crippen molar-refractivity contribution in [2.45, 2.75) is 12.8 Å². The lowest BCUT2D eigenvalue weighted by molar-refractivity contribution is 0.389. The summed E-state index contributed by atoms with van der Waals surface area (Å²) in [5.41, 5.74) is 5.54. The molecule has 16 heavy (non-hydrogen) atoms. The lowest BCUT2D eigenvalue weighted by Crippen LogP contribution is -2.31. The Morgan fingerprint density at radius 3 is 3.00 bits per heavy atom. The summed E-state index contributed by atoms with van der Waals surface area (Å²) in [5.74, 6) is 1.80. The number of aromatic nitrogens is 2. The zero-order chi connectivity index (χ0) is 11.4. The Morgan fingerprint density at radius 2 is 2.25 bits per heavy atom. The summed E-state index contributed by atoms with van der Waals surface area (Å²) < 4.78 is 0.857. The molecule has 4 N–H and O–H groups in total. The molecule has 0 saturated carbocycles. The number of hydrogen-bond donors (Lipinski definition) is 3. The number of hydrogen-bond acceptors (Lipinski definition) is 5. The number of nitrogen functional groups attached to an aromatic ring is 1. The number of anilines is 2. The van der Waals surface area contributed by atoms with E-state index in [1.165, 1.54) is 12.8 Å². The van der Waals surface area contributed by atoms with Crippen LogP contribution in [0.2, 0.25) is 0 Å². The Labute approximate surface area is 103 Å². The second kappa shape index (κ2) is 5.45. The van der Waals surface area contributed by atoms with Gasteiger partial charge < -0.3 is 16.4 Å². The lowest BCUT2D eigenvalue weighted by Gasteiger charge is -2.23. The van der Waals surface area contributed by atoms with Gasteiger partial charge in [-0.05, 0) is 47.8 Å². The van der Waals surface area contributed by atoms with Crippen LogP contribution in [0.15, 0.2) is 10.7 Å². The van der Waals surface area contributed by atoms with E-state index < -0.39 is 0 Å². The summed E-state index contributed by atoms with van der Waals surface area (Å²) in [4.78, 5) is 8.05. The van der Waals surface area contributed by atoms with Crippen LogP contribution in [-0.2, 0) is 0 Å². The highest BCUT2D eigenvalue weighted by atomic mass is 79.9. The van der Waals surface area contributed by atoms with E-state index in [0.29, 0.717) is 11.9 Å². The molecule has 88 valence electrons. The van der Waals surface area contributed by atoms with E-state index >= 15 is 0 Å². The number of piperidine rings is 1.